The molecule has 2 aliphatic rings. The number of nitrogens with zero attached hydrogens (tertiary/aromatic N) is 1. The highest BCUT2D eigenvalue weighted by Crippen LogP contribution is 2.30. The third-order valence-electron chi connectivity index (χ3n) is 5.29. The van der Waals surface area contributed by atoms with Crippen LogP contribution in [0.25, 0.3) is 0 Å². The minimum Gasteiger partial charge on any atom is -0.313 e. The number of hydrogen-bond donors (Lipinski definition) is 1. The molecule has 1 aliphatic heterocycles. The summed E-state index contributed by atoms with van der Waals surface area (Å²) in [5, 5.41) is 3.73. The molecule has 0 aromatic heterocycles. The van der Waals surface area contributed by atoms with Crippen molar-refractivity contribution in [2.45, 2.75) is 83.7 Å². The highest BCUT2D eigenvalue weighted by Gasteiger charge is 2.26. The van der Waals surface area contributed by atoms with Crippen molar-refractivity contribution in [2.75, 3.05) is 19.6 Å². The molecule has 0 aromatic carbocycles. The Morgan fingerprint density at radius 2 is 1.79 bits per heavy atom. The predicted octanol–water partition coefficient (Wildman–Crippen LogP) is 3.81. The van der Waals surface area contributed by atoms with Gasteiger partial charge in [-0.2, -0.15) is 0 Å². The Morgan fingerprint density at radius 1 is 1.00 bits per heavy atom. The zero-order valence-electron chi connectivity index (χ0n) is 13.2. The van der Waals surface area contributed by atoms with E-state index in [-0.39, 0.29) is 0 Å². The average Bonchev–Trinajstić information content (AvgIpc) is 2.48. The summed E-state index contributed by atoms with van der Waals surface area (Å²) in [6, 6.07) is 1.65. The fourth-order valence-electron chi connectivity index (χ4n) is 3.99. The highest BCUT2D eigenvalue weighted by molar-refractivity contribution is 4.83. The van der Waals surface area contributed by atoms with Crippen molar-refractivity contribution in [2.24, 2.45) is 5.92 Å². The fraction of sp³-hybridized carbons (Fsp3) is 1.00. The zero-order valence-corrected chi connectivity index (χ0v) is 13.2. The summed E-state index contributed by atoms with van der Waals surface area (Å²) >= 11 is 0. The average molecular weight is 266 g/mol. The van der Waals surface area contributed by atoms with E-state index in [2.05, 4.69) is 24.1 Å². The van der Waals surface area contributed by atoms with Crippen molar-refractivity contribution in [3.8, 4) is 0 Å². The maximum Gasteiger partial charge on any atom is 0.0195 e. The van der Waals surface area contributed by atoms with E-state index in [0.29, 0.717) is 0 Å². The topological polar surface area (TPSA) is 15.3 Å². The lowest BCUT2D eigenvalue weighted by Gasteiger charge is -2.39. The molecule has 1 saturated heterocycles. The van der Waals surface area contributed by atoms with Crippen LogP contribution in [0.5, 0.6) is 0 Å². The molecule has 1 N–H and O–H groups in total. The molecule has 1 heterocycles. The standard InChI is InChI=1S/C17H34N2/c1-3-13-19(14-16-7-5-6-12-18-16)17-10-8-15(4-2)9-11-17/h15-18H,3-14H2,1-2H3. The van der Waals surface area contributed by atoms with Gasteiger partial charge in [-0.05, 0) is 64.0 Å². The highest BCUT2D eigenvalue weighted by atomic mass is 15.2. The largest absolute Gasteiger partial charge is 0.313 e. The Labute approximate surface area is 120 Å². The van der Waals surface area contributed by atoms with Crippen LogP contribution in [0.15, 0.2) is 0 Å². The van der Waals surface area contributed by atoms with E-state index in [0.717, 1.165) is 18.0 Å². The van der Waals surface area contributed by atoms with Crippen molar-refractivity contribution in [1.82, 2.24) is 10.2 Å². The molecule has 19 heavy (non-hydrogen) atoms. The molecule has 1 unspecified atom stereocenters. The van der Waals surface area contributed by atoms with Crippen LogP contribution >= 0.6 is 0 Å². The SMILES string of the molecule is CCCN(CC1CCCCN1)C1CCC(CC)CC1. The Balaban J connectivity index is 1.81. The minimum absolute atomic E-state index is 0.768. The van der Waals surface area contributed by atoms with Gasteiger partial charge < -0.3 is 5.32 Å². The number of rotatable bonds is 6. The van der Waals surface area contributed by atoms with Crippen molar-refractivity contribution in [3.63, 3.8) is 0 Å². The van der Waals surface area contributed by atoms with E-state index in [1.54, 1.807) is 0 Å². The van der Waals surface area contributed by atoms with Gasteiger partial charge in [0.25, 0.3) is 0 Å². The molecule has 2 rings (SSSR count). The van der Waals surface area contributed by atoms with E-state index in [9.17, 15) is 0 Å². The van der Waals surface area contributed by atoms with Crippen LogP contribution in [0.3, 0.4) is 0 Å². The normalized spacial score (nSPS) is 32.7. The second kappa shape index (κ2) is 8.26. The molecule has 0 aromatic rings. The van der Waals surface area contributed by atoms with Crippen molar-refractivity contribution in [3.05, 3.63) is 0 Å². The van der Waals surface area contributed by atoms with Crippen molar-refractivity contribution in [1.29, 1.82) is 0 Å². The Kier molecular flexibility index (Phi) is 6.66. The van der Waals surface area contributed by atoms with Crippen LogP contribution < -0.4 is 5.32 Å². The first-order valence-corrected chi connectivity index (χ1v) is 8.80. The molecular formula is C17H34N2. The molecule has 1 aliphatic carbocycles. The lowest BCUT2D eigenvalue weighted by atomic mass is 9.83. The van der Waals surface area contributed by atoms with E-state index < -0.39 is 0 Å². The van der Waals surface area contributed by atoms with Gasteiger partial charge >= 0.3 is 0 Å². The van der Waals surface area contributed by atoms with Gasteiger partial charge in [0.1, 0.15) is 0 Å². The van der Waals surface area contributed by atoms with Gasteiger partial charge in [-0.25, -0.2) is 0 Å². The molecule has 2 heteroatoms. The van der Waals surface area contributed by atoms with Crippen molar-refractivity contribution >= 4 is 0 Å². The van der Waals surface area contributed by atoms with Crippen LogP contribution in [0.2, 0.25) is 0 Å². The molecule has 0 bridgehead atoms. The first-order chi connectivity index (χ1) is 9.33. The van der Waals surface area contributed by atoms with Gasteiger partial charge in [-0.15, -0.1) is 0 Å². The summed E-state index contributed by atoms with van der Waals surface area (Å²) in [5.41, 5.74) is 0. The van der Waals surface area contributed by atoms with Crippen LogP contribution in [0.1, 0.15) is 71.6 Å². The first kappa shape index (κ1) is 15.3. The van der Waals surface area contributed by atoms with Crippen LogP contribution in [-0.4, -0.2) is 36.6 Å². The molecule has 0 spiro atoms. The van der Waals surface area contributed by atoms with Gasteiger partial charge in [0, 0.05) is 18.6 Å². The number of hydrogen-bond acceptors (Lipinski definition) is 2. The summed E-state index contributed by atoms with van der Waals surface area (Å²) < 4.78 is 0. The third kappa shape index (κ3) is 4.75. The number of nitrogens with one attached hydrogen (secondary N) is 1. The Hall–Kier alpha value is -0.0800. The Morgan fingerprint density at radius 3 is 2.37 bits per heavy atom. The second-order valence-corrected chi connectivity index (χ2v) is 6.72. The molecule has 0 amide bonds. The van der Waals surface area contributed by atoms with Gasteiger partial charge in [-0.3, -0.25) is 4.90 Å². The predicted molar refractivity (Wildman–Crippen MR) is 83.5 cm³/mol. The van der Waals surface area contributed by atoms with E-state index in [1.165, 1.54) is 77.4 Å². The molecule has 2 nitrogen and oxygen atoms in total. The molecular weight excluding hydrogens is 232 g/mol. The van der Waals surface area contributed by atoms with Gasteiger partial charge in [0.05, 0.1) is 0 Å². The fourth-order valence-corrected chi connectivity index (χ4v) is 3.99. The summed E-state index contributed by atoms with van der Waals surface area (Å²) in [5.74, 6) is 1.02. The molecule has 112 valence electrons. The Bertz CT molecular complexity index is 227. The van der Waals surface area contributed by atoms with E-state index in [4.69, 9.17) is 0 Å². The summed E-state index contributed by atoms with van der Waals surface area (Å²) in [7, 11) is 0. The summed E-state index contributed by atoms with van der Waals surface area (Å²) in [6.07, 6.45) is 12.7. The first-order valence-electron chi connectivity index (χ1n) is 8.80. The molecule has 2 fully saturated rings. The monoisotopic (exact) mass is 266 g/mol. The van der Waals surface area contributed by atoms with Crippen LogP contribution in [0.4, 0.5) is 0 Å². The van der Waals surface area contributed by atoms with E-state index >= 15 is 0 Å². The summed E-state index contributed by atoms with van der Waals surface area (Å²) in [6.45, 7) is 8.54. The van der Waals surface area contributed by atoms with Crippen LogP contribution in [0, 0.1) is 5.92 Å². The zero-order chi connectivity index (χ0) is 13.5. The minimum atomic E-state index is 0.768. The smallest absolute Gasteiger partial charge is 0.0195 e. The molecule has 1 atom stereocenters. The lowest BCUT2D eigenvalue weighted by molar-refractivity contribution is 0.117. The third-order valence-corrected chi connectivity index (χ3v) is 5.29. The van der Waals surface area contributed by atoms with Gasteiger partial charge in [0.2, 0.25) is 0 Å². The lowest BCUT2D eigenvalue weighted by Crippen LogP contribution is -2.48. The van der Waals surface area contributed by atoms with Gasteiger partial charge in [-0.1, -0.05) is 26.7 Å². The molecule has 1 saturated carbocycles. The number of piperidine rings is 1. The maximum atomic E-state index is 3.73. The second-order valence-electron chi connectivity index (χ2n) is 6.72. The maximum absolute atomic E-state index is 3.73. The quantitative estimate of drug-likeness (QED) is 0.786. The van der Waals surface area contributed by atoms with Crippen molar-refractivity contribution < 1.29 is 0 Å². The molecule has 0 radical (unpaired) electrons. The van der Waals surface area contributed by atoms with Gasteiger partial charge in [0.15, 0.2) is 0 Å². The van der Waals surface area contributed by atoms with Crippen LogP contribution in [-0.2, 0) is 0 Å². The summed E-state index contributed by atoms with van der Waals surface area (Å²) in [4.78, 5) is 2.81. The van der Waals surface area contributed by atoms with E-state index in [1.807, 2.05) is 0 Å².